The van der Waals surface area contributed by atoms with Crippen LogP contribution in [0.25, 0.3) is 0 Å². The van der Waals surface area contributed by atoms with Crippen LogP contribution in [0.15, 0.2) is 48.5 Å². The summed E-state index contributed by atoms with van der Waals surface area (Å²) in [5.74, 6) is -3.68. The maximum Gasteiger partial charge on any atom is 0.418 e. The summed E-state index contributed by atoms with van der Waals surface area (Å²) >= 11 is 0. The molecule has 0 heterocycles. The molecule has 0 bridgehead atoms. The number of esters is 2. The zero-order valence-corrected chi connectivity index (χ0v) is 24.3. The van der Waals surface area contributed by atoms with Crippen LogP contribution in [0.1, 0.15) is 86.2 Å². The summed E-state index contributed by atoms with van der Waals surface area (Å²) in [7, 11) is 0. The molecule has 0 aliphatic carbocycles. The Bertz CT molecular complexity index is 1110. The van der Waals surface area contributed by atoms with Crippen molar-refractivity contribution >= 4 is 23.9 Å². The molecule has 0 N–H and O–H groups in total. The van der Waals surface area contributed by atoms with E-state index in [4.69, 9.17) is 29.0 Å². The van der Waals surface area contributed by atoms with Crippen LogP contribution >= 0.6 is 0 Å². The zero-order chi connectivity index (χ0) is 30.1. The lowest BCUT2D eigenvalue weighted by Crippen LogP contribution is -2.40. The number of benzene rings is 2. The molecule has 0 amide bonds. The molecule has 2 aromatic carbocycles. The molecule has 2 aromatic rings. The predicted octanol–water partition coefficient (Wildman–Crippen LogP) is 5.38. The van der Waals surface area contributed by atoms with Crippen molar-refractivity contribution in [3.63, 3.8) is 0 Å². The smallest absolute Gasteiger partial charge is 0.418 e. The number of hydrogen-bond donors (Lipinski definition) is 0. The van der Waals surface area contributed by atoms with Crippen LogP contribution in [0.4, 0.5) is 0 Å². The summed E-state index contributed by atoms with van der Waals surface area (Å²) in [5, 5.41) is 0. The molecule has 0 fully saturated rings. The van der Waals surface area contributed by atoms with Gasteiger partial charge >= 0.3 is 23.9 Å². The van der Waals surface area contributed by atoms with Crippen LogP contribution < -0.4 is 0 Å². The lowest BCUT2D eigenvalue weighted by Gasteiger charge is -2.29. The summed E-state index contributed by atoms with van der Waals surface area (Å²) < 4.78 is 10.7. The van der Waals surface area contributed by atoms with Gasteiger partial charge in [0.1, 0.15) is 23.4 Å². The molecule has 0 saturated carbocycles. The fraction of sp³-hybridized carbons (Fsp3) is 0.467. The van der Waals surface area contributed by atoms with E-state index in [1.54, 1.807) is 104 Å². The number of ether oxygens (including phenoxy) is 2. The SMILES string of the molecule is Cc1ccccc1C(=O)OOC(C)CC(C)(C)OC(=O)C(=O)OC(C)(C)CC(C)OOC(=O)c1ccccc1C. The van der Waals surface area contributed by atoms with Crippen molar-refractivity contribution in [1.82, 2.24) is 0 Å². The Morgan fingerprint density at radius 3 is 1.27 bits per heavy atom. The van der Waals surface area contributed by atoms with Crippen LogP contribution in [0.3, 0.4) is 0 Å². The molecular formula is C30H38O10. The molecule has 40 heavy (non-hydrogen) atoms. The molecule has 10 heteroatoms. The van der Waals surface area contributed by atoms with Gasteiger partial charge in [0.15, 0.2) is 0 Å². The summed E-state index contributed by atoms with van der Waals surface area (Å²) in [6.45, 7) is 13.2. The third-order valence-electron chi connectivity index (χ3n) is 5.77. The third kappa shape index (κ3) is 10.4. The van der Waals surface area contributed by atoms with E-state index in [2.05, 4.69) is 0 Å². The van der Waals surface area contributed by atoms with E-state index in [0.29, 0.717) is 11.1 Å². The minimum absolute atomic E-state index is 0.119. The van der Waals surface area contributed by atoms with Gasteiger partial charge in [-0.25, -0.2) is 19.2 Å². The van der Waals surface area contributed by atoms with Gasteiger partial charge in [0.25, 0.3) is 0 Å². The average Bonchev–Trinajstić information content (AvgIpc) is 2.85. The number of carbonyl (C=O) groups is 4. The van der Waals surface area contributed by atoms with E-state index in [-0.39, 0.29) is 12.8 Å². The van der Waals surface area contributed by atoms with Gasteiger partial charge < -0.3 is 9.47 Å². The van der Waals surface area contributed by atoms with Gasteiger partial charge in [-0.05, 0) is 78.6 Å². The Kier molecular flexibility index (Phi) is 11.4. The molecule has 0 aliphatic heterocycles. The number of carbonyl (C=O) groups excluding carboxylic acids is 4. The Morgan fingerprint density at radius 2 is 0.950 bits per heavy atom. The summed E-state index contributed by atoms with van der Waals surface area (Å²) in [4.78, 5) is 69.6. The maximum absolute atomic E-state index is 12.5. The Morgan fingerprint density at radius 1 is 0.625 bits per heavy atom. The lowest BCUT2D eigenvalue weighted by molar-refractivity contribution is -0.278. The van der Waals surface area contributed by atoms with E-state index >= 15 is 0 Å². The van der Waals surface area contributed by atoms with Crippen LogP contribution in [-0.4, -0.2) is 47.3 Å². The van der Waals surface area contributed by atoms with Crippen LogP contribution in [-0.2, 0) is 38.6 Å². The summed E-state index contributed by atoms with van der Waals surface area (Å²) in [5.41, 5.74) is -0.0682. The van der Waals surface area contributed by atoms with Gasteiger partial charge in [-0.15, -0.1) is 0 Å². The topological polar surface area (TPSA) is 124 Å². The molecule has 0 aromatic heterocycles. The lowest BCUT2D eigenvalue weighted by atomic mass is 10.0. The maximum atomic E-state index is 12.5. The highest BCUT2D eigenvalue weighted by Gasteiger charge is 2.35. The first kappa shape index (κ1) is 32.5. The summed E-state index contributed by atoms with van der Waals surface area (Å²) in [6, 6.07) is 13.8. The van der Waals surface area contributed by atoms with E-state index in [1.165, 1.54) is 0 Å². The van der Waals surface area contributed by atoms with Crippen molar-refractivity contribution in [3.8, 4) is 0 Å². The molecule has 2 rings (SSSR count). The first-order valence-corrected chi connectivity index (χ1v) is 12.9. The zero-order valence-electron chi connectivity index (χ0n) is 24.3. The van der Waals surface area contributed by atoms with Crippen LogP contribution in [0.5, 0.6) is 0 Å². The van der Waals surface area contributed by atoms with Crippen molar-refractivity contribution in [2.24, 2.45) is 0 Å². The Balaban J connectivity index is 1.80. The molecule has 218 valence electrons. The number of hydrogen-bond acceptors (Lipinski definition) is 10. The highest BCUT2D eigenvalue weighted by atomic mass is 17.2. The van der Waals surface area contributed by atoms with Crippen molar-refractivity contribution in [2.75, 3.05) is 0 Å². The molecular weight excluding hydrogens is 520 g/mol. The molecule has 10 nitrogen and oxygen atoms in total. The monoisotopic (exact) mass is 558 g/mol. The van der Waals surface area contributed by atoms with Crippen LogP contribution in [0, 0.1) is 13.8 Å². The molecule has 0 radical (unpaired) electrons. The summed E-state index contributed by atoms with van der Waals surface area (Å²) in [6.07, 6.45) is -1.06. The predicted molar refractivity (Wildman–Crippen MR) is 144 cm³/mol. The largest absolute Gasteiger partial charge is 0.451 e. The van der Waals surface area contributed by atoms with E-state index in [9.17, 15) is 19.2 Å². The Labute approximate surface area is 234 Å². The van der Waals surface area contributed by atoms with Crippen LogP contribution in [0.2, 0.25) is 0 Å². The third-order valence-corrected chi connectivity index (χ3v) is 5.77. The second-order valence-corrected chi connectivity index (χ2v) is 10.9. The van der Waals surface area contributed by atoms with Crippen molar-refractivity contribution in [3.05, 3.63) is 70.8 Å². The second-order valence-electron chi connectivity index (χ2n) is 10.9. The van der Waals surface area contributed by atoms with Gasteiger partial charge in [0, 0.05) is 12.8 Å². The highest BCUT2D eigenvalue weighted by Crippen LogP contribution is 2.23. The molecule has 2 unspecified atom stereocenters. The molecule has 0 saturated heterocycles. The first-order valence-electron chi connectivity index (χ1n) is 12.9. The van der Waals surface area contributed by atoms with Gasteiger partial charge in [0.05, 0.1) is 11.1 Å². The van der Waals surface area contributed by atoms with E-state index in [1.807, 2.05) is 0 Å². The highest BCUT2D eigenvalue weighted by molar-refractivity contribution is 6.29. The quantitative estimate of drug-likeness (QED) is 0.145. The van der Waals surface area contributed by atoms with Gasteiger partial charge in [-0.2, -0.15) is 9.78 Å². The van der Waals surface area contributed by atoms with Crippen molar-refractivity contribution in [1.29, 1.82) is 0 Å². The van der Waals surface area contributed by atoms with Gasteiger partial charge in [-0.1, -0.05) is 36.4 Å². The van der Waals surface area contributed by atoms with Crippen molar-refractivity contribution in [2.45, 2.75) is 91.6 Å². The first-order chi connectivity index (χ1) is 18.6. The standard InChI is InChI=1S/C30H38O10/c1-19-13-9-11-15-23(19)25(31)39-37-21(3)17-29(5,6)35-27(33)28(34)36-30(7,8)18-22(4)38-40-26(32)24-16-12-10-14-20(24)2/h9-16,21-22H,17-18H2,1-8H3. The molecule has 2 atom stereocenters. The minimum atomic E-state index is -1.19. The van der Waals surface area contributed by atoms with Gasteiger partial charge in [0.2, 0.25) is 0 Å². The molecule has 0 spiro atoms. The van der Waals surface area contributed by atoms with Gasteiger partial charge in [-0.3, -0.25) is 9.78 Å². The Hall–Kier alpha value is -3.76. The molecule has 0 aliphatic rings. The second kappa shape index (κ2) is 14.0. The van der Waals surface area contributed by atoms with Crippen molar-refractivity contribution < 1.29 is 48.2 Å². The minimum Gasteiger partial charge on any atom is -0.451 e. The average molecular weight is 559 g/mol. The number of rotatable bonds is 12. The normalized spacial score (nSPS) is 13.1. The van der Waals surface area contributed by atoms with E-state index in [0.717, 1.165) is 11.1 Å². The van der Waals surface area contributed by atoms with E-state index < -0.39 is 47.3 Å². The fourth-order valence-corrected chi connectivity index (χ4v) is 4.07. The fourth-order valence-electron chi connectivity index (χ4n) is 4.07. The number of aryl methyl sites for hydroxylation is 2.